The molecule has 0 radical (unpaired) electrons. The minimum Gasteiger partial charge on any atom is -0.423 e. The fourth-order valence-corrected chi connectivity index (χ4v) is 4.10. The van der Waals surface area contributed by atoms with Gasteiger partial charge in [-0.15, -0.1) is 0 Å². The summed E-state index contributed by atoms with van der Waals surface area (Å²) < 4.78 is 5.41. The van der Waals surface area contributed by atoms with Crippen molar-refractivity contribution in [2.75, 3.05) is 0 Å². The standard InChI is InChI=1S/C31H44N2O3/c1-3-4-5-6-7-8-9-10-11-12-13-14-15-19-30(34)33-32-25-27-20-22-29(23-21-27)36-31(35)28-18-16-17-26(2)24-28/h16-18,20-25H,3-15,19H2,1-2H3,(H,33,34)/b32-25-. The average Bonchev–Trinajstić information content (AvgIpc) is 2.88. The SMILES string of the molecule is CCCCCCCCCCCCCCCC(=O)N/N=C\c1ccc(OC(=O)c2cccc(C)c2)cc1. The van der Waals surface area contributed by atoms with Crippen LogP contribution >= 0.6 is 0 Å². The van der Waals surface area contributed by atoms with Crippen molar-refractivity contribution < 1.29 is 14.3 Å². The molecule has 5 nitrogen and oxygen atoms in total. The van der Waals surface area contributed by atoms with Gasteiger partial charge < -0.3 is 4.74 Å². The summed E-state index contributed by atoms with van der Waals surface area (Å²) in [5, 5.41) is 4.04. The van der Waals surface area contributed by atoms with Gasteiger partial charge in [-0.25, -0.2) is 10.2 Å². The Bertz CT molecular complexity index is 922. The number of esters is 1. The number of hydrazone groups is 1. The van der Waals surface area contributed by atoms with Gasteiger partial charge in [-0.1, -0.05) is 102 Å². The largest absolute Gasteiger partial charge is 0.423 e. The van der Waals surface area contributed by atoms with Crippen LogP contribution in [0.1, 0.15) is 118 Å². The van der Waals surface area contributed by atoms with E-state index in [0.29, 0.717) is 17.7 Å². The Morgan fingerprint density at radius 1 is 0.806 bits per heavy atom. The molecule has 0 saturated heterocycles. The lowest BCUT2D eigenvalue weighted by atomic mass is 10.0. The Kier molecular flexibility index (Phi) is 14.9. The van der Waals surface area contributed by atoms with Crippen molar-refractivity contribution in [3.05, 3.63) is 65.2 Å². The van der Waals surface area contributed by atoms with Crippen LogP contribution in [0.2, 0.25) is 0 Å². The van der Waals surface area contributed by atoms with Gasteiger partial charge in [0.15, 0.2) is 0 Å². The van der Waals surface area contributed by atoms with Crippen LogP contribution in [-0.4, -0.2) is 18.1 Å². The number of nitrogens with zero attached hydrogens (tertiary/aromatic N) is 1. The topological polar surface area (TPSA) is 67.8 Å². The molecular formula is C31H44N2O3. The second-order valence-electron chi connectivity index (χ2n) is 9.61. The van der Waals surface area contributed by atoms with Gasteiger partial charge in [-0.05, 0) is 55.3 Å². The van der Waals surface area contributed by atoms with E-state index in [4.69, 9.17) is 4.74 Å². The lowest BCUT2D eigenvalue weighted by Gasteiger charge is -2.05. The maximum Gasteiger partial charge on any atom is 0.343 e. The van der Waals surface area contributed by atoms with Gasteiger partial charge in [0.05, 0.1) is 11.8 Å². The normalized spacial score (nSPS) is 11.1. The highest BCUT2D eigenvalue weighted by Gasteiger charge is 2.08. The predicted octanol–water partition coefficient (Wildman–Crippen LogP) is 8.15. The second-order valence-corrected chi connectivity index (χ2v) is 9.61. The fraction of sp³-hybridized carbons (Fsp3) is 0.516. The summed E-state index contributed by atoms with van der Waals surface area (Å²) in [7, 11) is 0. The molecule has 0 fully saturated rings. The van der Waals surface area contributed by atoms with Gasteiger partial charge in [0.1, 0.15) is 5.75 Å². The monoisotopic (exact) mass is 492 g/mol. The van der Waals surface area contributed by atoms with Crippen molar-refractivity contribution in [2.45, 2.75) is 104 Å². The molecule has 0 aliphatic rings. The zero-order valence-corrected chi connectivity index (χ0v) is 22.3. The van der Waals surface area contributed by atoms with Crippen molar-refractivity contribution in [3.63, 3.8) is 0 Å². The number of nitrogens with one attached hydrogen (secondary N) is 1. The van der Waals surface area contributed by atoms with Crippen LogP contribution in [-0.2, 0) is 4.79 Å². The first-order valence-electron chi connectivity index (χ1n) is 13.8. The molecule has 5 heteroatoms. The van der Waals surface area contributed by atoms with Gasteiger partial charge in [0.25, 0.3) is 0 Å². The summed E-state index contributed by atoms with van der Waals surface area (Å²) in [5.74, 6) is 0.0173. The molecule has 0 atom stereocenters. The van der Waals surface area contributed by atoms with Crippen molar-refractivity contribution in [1.82, 2.24) is 5.43 Å². The zero-order chi connectivity index (χ0) is 25.8. The molecule has 0 unspecified atom stereocenters. The highest BCUT2D eigenvalue weighted by molar-refractivity contribution is 5.91. The number of aryl methyl sites for hydroxylation is 1. The van der Waals surface area contributed by atoms with Crippen LogP contribution in [0, 0.1) is 6.92 Å². The van der Waals surface area contributed by atoms with Crippen LogP contribution in [0.5, 0.6) is 5.75 Å². The van der Waals surface area contributed by atoms with Gasteiger partial charge in [0, 0.05) is 6.42 Å². The quantitative estimate of drug-likeness (QED) is 0.0750. The van der Waals surface area contributed by atoms with Crippen LogP contribution < -0.4 is 10.2 Å². The Labute approximate surface area is 217 Å². The molecule has 2 aromatic rings. The molecular weight excluding hydrogens is 448 g/mol. The average molecular weight is 493 g/mol. The first-order chi connectivity index (χ1) is 17.6. The number of rotatable bonds is 18. The van der Waals surface area contributed by atoms with Crippen LogP contribution in [0.3, 0.4) is 0 Å². The van der Waals surface area contributed by atoms with E-state index in [1.807, 2.05) is 19.1 Å². The molecule has 0 saturated carbocycles. The summed E-state index contributed by atoms with van der Waals surface area (Å²) in [6.45, 7) is 4.20. The predicted molar refractivity (Wildman–Crippen MR) is 149 cm³/mol. The third-order valence-corrected chi connectivity index (χ3v) is 6.25. The number of ether oxygens (including phenoxy) is 1. The number of hydrogen-bond donors (Lipinski definition) is 1. The molecule has 1 N–H and O–H groups in total. The molecule has 2 rings (SSSR count). The van der Waals surface area contributed by atoms with E-state index in [-0.39, 0.29) is 11.9 Å². The third-order valence-electron chi connectivity index (χ3n) is 6.25. The molecule has 0 spiro atoms. The van der Waals surface area contributed by atoms with Crippen molar-refractivity contribution in [1.29, 1.82) is 0 Å². The minimum atomic E-state index is -0.388. The molecule has 0 aliphatic heterocycles. The molecule has 1 amide bonds. The second kappa shape index (κ2) is 18.3. The number of carbonyl (C=O) groups is 2. The van der Waals surface area contributed by atoms with E-state index in [2.05, 4.69) is 17.5 Å². The summed E-state index contributed by atoms with van der Waals surface area (Å²) in [5.41, 5.74) is 4.93. The van der Waals surface area contributed by atoms with Crippen LogP contribution in [0.4, 0.5) is 0 Å². The van der Waals surface area contributed by atoms with Crippen molar-refractivity contribution in [2.24, 2.45) is 5.10 Å². The summed E-state index contributed by atoms with van der Waals surface area (Å²) in [6, 6.07) is 14.3. The number of carbonyl (C=O) groups excluding carboxylic acids is 2. The minimum absolute atomic E-state index is 0.0574. The lowest BCUT2D eigenvalue weighted by Crippen LogP contribution is -2.16. The Balaban J connectivity index is 1.51. The Hall–Kier alpha value is -2.95. The first-order valence-corrected chi connectivity index (χ1v) is 13.8. The molecule has 2 aromatic carbocycles. The van der Waals surface area contributed by atoms with Crippen LogP contribution in [0.25, 0.3) is 0 Å². The summed E-state index contributed by atoms with van der Waals surface area (Å²) in [4.78, 5) is 24.2. The lowest BCUT2D eigenvalue weighted by molar-refractivity contribution is -0.121. The molecule has 0 aliphatic carbocycles. The molecule has 0 heterocycles. The van der Waals surface area contributed by atoms with Gasteiger partial charge in [0.2, 0.25) is 5.91 Å². The fourth-order valence-electron chi connectivity index (χ4n) is 4.10. The molecule has 0 aromatic heterocycles. The number of unbranched alkanes of at least 4 members (excludes halogenated alkanes) is 12. The highest BCUT2D eigenvalue weighted by atomic mass is 16.5. The summed E-state index contributed by atoms with van der Waals surface area (Å²) in [6.07, 6.45) is 18.9. The van der Waals surface area contributed by atoms with Crippen molar-refractivity contribution >= 4 is 18.1 Å². The molecule has 0 bridgehead atoms. The Morgan fingerprint density at radius 2 is 1.39 bits per heavy atom. The van der Waals surface area contributed by atoms with E-state index in [1.54, 1.807) is 42.6 Å². The number of benzene rings is 2. The van der Waals surface area contributed by atoms with Gasteiger partial charge >= 0.3 is 5.97 Å². The maximum absolute atomic E-state index is 12.2. The molecule has 196 valence electrons. The number of amides is 1. The third kappa shape index (κ3) is 13.2. The van der Waals surface area contributed by atoms with E-state index >= 15 is 0 Å². The Morgan fingerprint density at radius 3 is 1.97 bits per heavy atom. The van der Waals surface area contributed by atoms with E-state index in [1.165, 1.54) is 70.6 Å². The maximum atomic E-state index is 12.2. The highest BCUT2D eigenvalue weighted by Crippen LogP contribution is 2.15. The van der Waals surface area contributed by atoms with Gasteiger partial charge in [-0.3, -0.25) is 4.79 Å². The number of hydrogen-bond acceptors (Lipinski definition) is 4. The van der Waals surface area contributed by atoms with Crippen LogP contribution in [0.15, 0.2) is 53.6 Å². The zero-order valence-electron chi connectivity index (χ0n) is 22.3. The molecule has 36 heavy (non-hydrogen) atoms. The van der Waals surface area contributed by atoms with E-state index < -0.39 is 0 Å². The van der Waals surface area contributed by atoms with Crippen molar-refractivity contribution in [3.8, 4) is 5.75 Å². The smallest absolute Gasteiger partial charge is 0.343 e. The van der Waals surface area contributed by atoms with E-state index in [0.717, 1.165) is 24.0 Å². The first kappa shape index (κ1) is 29.3. The van der Waals surface area contributed by atoms with Gasteiger partial charge in [-0.2, -0.15) is 5.10 Å². The summed E-state index contributed by atoms with van der Waals surface area (Å²) >= 11 is 0. The van der Waals surface area contributed by atoms with E-state index in [9.17, 15) is 9.59 Å².